The molecule has 0 N–H and O–H groups in total. The van der Waals surface area contributed by atoms with Crippen molar-refractivity contribution in [3.63, 3.8) is 0 Å². The molecule has 0 bridgehead atoms. The van der Waals surface area contributed by atoms with Gasteiger partial charge < -0.3 is 9.47 Å². The Labute approximate surface area is 148 Å². The van der Waals surface area contributed by atoms with Gasteiger partial charge >= 0.3 is 5.97 Å². The molecule has 0 spiro atoms. The number of hydrogen-bond acceptors (Lipinski definition) is 5. The van der Waals surface area contributed by atoms with Gasteiger partial charge in [-0.1, -0.05) is 31.9 Å². The van der Waals surface area contributed by atoms with E-state index in [4.69, 9.17) is 9.47 Å². The molecule has 0 heterocycles. The van der Waals surface area contributed by atoms with E-state index in [2.05, 4.69) is 6.92 Å². The molecule has 2 rings (SSSR count). The van der Waals surface area contributed by atoms with E-state index in [1.165, 1.54) is 0 Å². The highest BCUT2D eigenvalue weighted by atomic mass is 16.5. The third-order valence-electron chi connectivity index (χ3n) is 4.43. The third-order valence-corrected chi connectivity index (χ3v) is 4.43. The van der Waals surface area contributed by atoms with Crippen LogP contribution in [0.25, 0.3) is 0 Å². The fourth-order valence-corrected chi connectivity index (χ4v) is 3.16. The van der Waals surface area contributed by atoms with Crippen molar-refractivity contribution in [1.82, 2.24) is 0 Å². The molecule has 2 unspecified atom stereocenters. The highest BCUT2D eigenvalue weighted by molar-refractivity contribution is 6.11. The van der Waals surface area contributed by atoms with Crippen molar-refractivity contribution in [2.45, 2.75) is 51.9 Å². The SMILES string of the molecule is CCCCCOc1ccc(C2CC(=O)CC(=O)C2C(=O)OCC)cc1. The molecule has 1 aliphatic carbocycles. The van der Waals surface area contributed by atoms with Crippen LogP contribution in [0.5, 0.6) is 5.75 Å². The van der Waals surface area contributed by atoms with E-state index in [-0.39, 0.29) is 31.0 Å². The molecule has 0 radical (unpaired) electrons. The summed E-state index contributed by atoms with van der Waals surface area (Å²) in [5, 5.41) is 0. The minimum Gasteiger partial charge on any atom is -0.494 e. The molecular weight excluding hydrogens is 320 g/mol. The van der Waals surface area contributed by atoms with Crippen LogP contribution < -0.4 is 4.74 Å². The van der Waals surface area contributed by atoms with Gasteiger partial charge in [0, 0.05) is 12.3 Å². The van der Waals surface area contributed by atoms with Gasteiger partial charge in [-0.3, -0.25) is 14.4 Å². The number of carbonyl (C=O) groups is 3. The standard InChI is InChI=1S/C20H26O5/c1-3-5-6-11-25-16-9-7-14(8-10-16)17-12-15(21)13-18(22)19(17)20(23)24-4-2/h7-10,17,19H,3-6,11-13H2,1-2H3. The molecule has 1 aromatic carbocycles. The summed E-state index contributed by atoms with van der Waals surface area (Å²) in [6, 6.07) is 7.32. The first-order chi connectivity index (χ1) is 12.1. The van der Waals surface area contributed by atoms with E-state index in [0.29, 0.717) is 6.61 Å². The topological polar surface area (TPSA) is 69.7 Å². The Kier molecular flexibility index (Phi) is 7.16. The number of ether oxygens (including phenoxy) is 2. The van der Waals surface area contributed by atoms with Gasteiger partial charge in [-0.15, -0.1) is 0 Å². The van der Waals surface area contributed by atoms with Crippen molar-refractivity contribution in [2.24, 2.45) is 5.92 Å². The number of rotatable bonds is 8. The number of unbranched alkanes of at least 4 members (excludes halogenated alkanes) is 2. The number of ketones is 2. The average molecular weight is 346 g/mol. The van der Waals surface area contributed by atoms with E-state index >= 15 is 0 Å². The van der Waals surface area contributed by atoms with Gasteiger partial charge in [-0.25, -0.2) is 0 Å². The average Bonchev–Trinajstić information content (AvgIpc) is 2.59. The Balaban J connectivity index is 2.11. The molecule has 1 aliphatic rings. The first kappa shape index (κ1) is 19.2. The molecule has 0 aromatic heterocycles. The molecule has 1 saturated carbocycles. The fourth-order valence-electron chi connectivity index (χ4n) is 3.16. The molecule has 2 atom stereocenters. The first-order valence-electron chi connectivity index (χ1n) is 9.00. The summed E-state index contributed by atoms with van der Waals surface area (Å²) >= 11 is 0. The molecule has 25 heavy (non-hydrogen) atoms. The Hall–Kier alpha value is -2.17. The van der Waals surface area contributed by atoms with Gasteiger partial charge in [0.15, 0.2) is 5.78 Å². The Morgan fingerprint density at radius 1 is 1.12 bits per heavy atom. The second kappa shape index (κ2) is 9.35. The summed E-state index contributed by atoms with van der Waals surface area (Å²) in [5.74, 6) is -1.61. The monoisotopic (exact) mass is 346 g/mol. The molecule has 136 valence electrons. The van der Waals surface area contributed by atoms with Gasteiger partial charge in [-0.2, -0.15) is 0 Å². The summed E-state index contributed by atoms with van der Waals surface area (Å²) in [6.07, 6.45) is 3.28. The summed E-state index contributed by atoms with van der Waals surface area (Å²) in [4.78, 5) is 36.3. The van der Waals surface area contributed by atoms with Crippen LogP contribution in [0.1, 0.15) is 57.4 Å². The molecule has 1 fully saturated rings. The van der Waals surface area contributed by atoms with Crippen LogP contribution in [-0.2, 0) is 19.1 Å². The summed E-state index contributed by atoms with van der Waals surface area (Å²) in [6.45, 7) is 4.73. The number of esters is 1. The molecule has 0 amide bonds. The van der Waals surface area contributed by atoms with E-state index in [9.17, 15) is 14.4 Å². The van der Waals surface area contributed by atoms with Gasteiger partial charge in [-0.05, 0) is 31.0 Å². The second-order valence-corrected chi connectivity index (χ2v) is 6.35. The predicted molar refractivity (Wildman–Crippen MR) is 93.6 cm³/mol. The molecule has 0 aliphatic heterocycles. The number of carbonyl (C=O) groups excluding carboxylic acids is 3. The molecule has 5 heteroatoms. The van der Waals surface area contributed by atoms with Crippen molar-refractivity contribution in [3.05, 3.63) is 29.8 Å². The lowest BCUT2D eigenvalue weighted by Crippen LogP contribution is -2.38. The molecular formula is C20H26O5. The van der Waals surface area contributed by atoms with Gasteiger partial charge in [0.05, 0.1) is 19.6 Å². The van der Waals surface area contributed by atoms with Crippen LogP contribution in [0.15, 0.2) is 24.3 Å². The smallest absolute Gasteiger partial charge is 0.317 e. The Bertz CT molecular complexity index is 605. The highest BCUT2D eigenvalue weighted by Crippen LogP contribution is 2.36. The zero-order valence-corrected chi connectivity index (χ0v) is 15.0. The number of benzene rings is 1. The van der Waals surface area contributed by atoms with Crippen molar-refractivity contribution < 1.29 is 23.9 Å². The van der Waals surface area contributed by atoms with Crippen molar-refractivity contribution in [2.75, 3.05) is 13.2 Å². The second-order valence-electron chi connectivity index (χ2n) is 6.35. The van der Waals surface area contributed by atoms with Gasteiger partial charge in [0.25, 0.3) is 0 Å². The van der Waals surface area contributed by atoms with Crippen molar-refractivity contribution in [3.8, 4) is 5.75 Å². The van der Waals surface area contributed by atoms with Crippen LogP contribution in [0.3, 0.4) is 0 Å². The number of Topliss-reactive ketones (excluding diaryl/α,β-unsaturated/α-hetero) is 2. The molecule has 0 saturated heterocycles. The maximum atomic E-state index is 12.2. The quantitative estimate of drug-likeness (QED) is 0.410. The zero-order chi connectivity index (χ0) is 18.2. The Morgan fingerprint density at radius 3 is 2.48 bits per heavy atom. The lowest BCUT2D eigenvalue weighted by atomic mass is 9.74. The third kappa shape index (κ3) is 5.15. The van der Waals surface area contributed by atoms with Crippen LogP contribution in [0.4, 0.5) is 0 Å². The zero-order valence-electron chi connectivity index (χ0n) is 15.0. The number of hydrogen-bond donors (Lipinski definition) is 0. The van der Waals surface area contributed by atoms with Crippen molar-refractivity contribution >= 4 is 17.5 Å². The van der Waals surface area contributed by atoms with E-state index in [0.717, 1.165) is 30.6 Å². The first-order valence-corrected chi connectivity index (χ1v) is 9.00. The largest absolute Gasteiger partial charge is 0.494 e. The summed E-state index contributed by atoms with van der Waals surface area (Å²) < 4.78 is 10.7. The fraction of sp³-hybridized carbons (Fsp3) is 0.550. The minimum atomic E-state index is -0.894. The van der Waals surface area contributed by atoms with E-state index < -0.39 is 17.8 Å². The summed E-state index contributed by atoms with van der Waals surface area (Å²) in [7, 11) is 0. The van der Waals surface area contributed by atoms with Gasteiger partial charge in [0.1, 0.15) is 17.5 Å². The maximum absolute atomic E-state index is 12.2. The molecule has 1 aromatic rings. The lowest BCUT2D eigenvalue weighted by molar-refractivity contribution is -0.154. The highest BCUT2D eigenvalue weighted by Gasteiger charge is 2.42. The molecule has 5 nitrogen and oxygen atoms in total. The van der Waals surface area contributed by atoms with Crippen LogP contribution in [0.2, 0.25) is 0 Å². The van der Waals surface area contributed by atoms with E-state index in [1.807, 2.05) is 24.3 Å². The van der Waals surface area contributed by atoms with Crippen LogP contribution in [0, 0.1) is 5.92 Å². The Morgan fingerprint density at radius 2 is 1.84 bits per heavy atom. The lowest BCUT2D eigenvalue weighted by Gasteiger charge is -2.28. The maximum Gasteiger partial charge on any atom is 0.317 e. The van der Waals surface area contributed by atoms with Crippen LogP contribution in [-0.4, -0.2) is 30.7 Å². The summed E-state index contributed by atoms with van der Waals surface area (Å²) in [5.41, 5.74) is 0.792. The van der Waals surface area contributed by atoms with Crippen LogP contribution >= 0.6 is 0 Å². The van der Waals surface area contributed by atoms with Gasteiger partial charge in [0.2, 0.25) is 0 Å². The van der Waals surface area contributed by atoms with Crippen molar-refractivity contribution in [1.29, 1.82) is 0 Å². The minimum absolute atomic E-state index is 0.129. The predicted octanol–water partition coefficient (Wildman–Crippen LogP) is 3.45. The normalized spacial score (nSPS) is 20.4. The van der Waals surface area contributed by atoms with E-state index in [1.54, 1.807) is 6.92 Å².